The summed E-state index contributed by atoms with van der Waals surface area (Å²) in [5, 5.41) is 4.06. The van der Waals surface area contributed by atoms with Gasteiger partial charge >= 0.3 is 0 Å². The molecule has 0 saturated carbocycles. The van der Waals surface area contributed by atoms with Crippen LogP contribution in [-0.4, -0.2) is 28.9 Å². The van der Waals surface area contributed by atoms with Gasteiger partial charge in [0.25, 0.3) is 0 Å². The van der Waals surface area contributed by atoms with E-state index in [2.05, 4.69) is 19.2 Å². The van der Waals surface area contributed by atoms with Gasteiger partial charge in [0.1, 0.15) is 5.75 Å². The minimum atomic E-state index is -0.269. The first-order chi connectivity index (χ1) is 13.5. The van der Waals surface area contributed by atoms with Crippen LogP contribution in [0.25, 0.3) is 0 Å². The van der Waals surface area contributed by atoms with Crippen molar-refractivity contribution in [1.29, 1.82) is 0 Å². The Hall–Kier alpha value is -1.88. The number of nitrogens with one attached hydrogen (secondary N) is 1. The maximum atomic E-state index is 12.5. The molecule has 0 radical (unpaired) electrons. The fourth-order valence-electron chi connectivity index (χ4n) is 3.70. The summed E-state index contributed by atoms with van der Waals surface area (Å²) in [6, 6.07) is 7.70. The van der Waals surface area contributed by atoms with Crippen LogP contribution in [0.3, 0.4) is 0 Å². The van der Waals surface area contributed by atoms with Crippen LogP contribution in [0.1, 0.15) is 77.8 Å². The predicted octanol–water partition coefficient (Wildman–Crippen LogP) is 5.54. The van der Waals surface area contributed by atoms with Gasteiger partial charge in [0.2, 0.25) is 0 Å². The SMILES string of the molecule is CCCCCCCOc1ccccc1C1NC(=S)N(CCC)C(C)=C1C(C)=O. The summed E-state index contributed by atoms with van der Waals surface area (Å²) < 4.78 is 6.11. The summed E-state index contributed by atoms with van der Waals surface area (Å²) in [5.74, 6) is 0.891. The molecule has 0 bridgehead atoms. The Labute approximate surface area is 175 Å². The van der Waals surface area contributed by atoms with E-state index in [9.17, 15) is 4.79 Å². The molecule has 1 atom stereocenters. The molecule has 1 heterocycles. The molecule has 5 heteroatoms. The third-order valence-corrected chi connectivity index (χ3v) is 5.50. The number of ketones is 1. The van der Waals surface area contributed by atoms with Crippen LogP contribution in [-0.2, 0) is 4.79 Å². The normalized spacial score (nSPS) is 16.9. The molecule has 4 nitrogen and oxygen atoms in total. The molecule has 154 valence electrons. The van der Waals surface area contributed by atoms with Crippen LogP contribution in [0, 0.1) is 0 Å². The fourth-order valence-corrected chi connectivity index (χ4v) is 4.05. The third-order valence-electron chi connectivity index (χ3n) is 5.16. The van der Waals surface area contributed by atoms with Crippen LogP contribution in [0.4, 0.5) is 0 Å². The molecule has 1 aliphatic rings. The van der Waals surface area contributed by atoms with E-state index in [1.165, 1.54) is 25.7 Å². The molecular formula is C23H34N2O2S. The molecule has 1 unspecified atom stereocenters. The topological polar surface area (TPSA) is 41.6 Å². The third kappa shape index (κ3) is 5.57. The number of para-hydroxylation sites is 1. The van der Waals surface area contributed by atoms with Crippen molar-refractivity contribution >= 4 is 23.1 Å². The summed E-state index contributed by atoms with van der Waals surface area (Å²) in [6.45, 7) is 9.44. The first-order valence-electron chi connectivity index (χ1n) is 10.5. The zero-order valence-corrected chi connectivity index (χ0v) is 18.5. The molecule has 0 aliphatic carbocycles. The van der Waals surface area contributed by atoms with Crippen molar-refractivity contribution in [2.75, 3.05) is 13.2 Å². The number of thiocarbonyl (C=S) groups is 1. The maximum Gasteiger partial charge on any atom is 0.173 e. The maximum absolute atomic E-state index is 12.5. The minimum Gasteiger partial charge on any atom is -0.493 e. The Bertz CT molecular complexity index is 714. The lowest BCUT2D eigenvalue weighted by atomic mass is 9.92. The molecule has 1 N–H and O–H groups in total. The van der Waals surface area contributed by atoms with Gasteiger partial charge in [-0.2, -0.15) is 0 Å². The Morgan fingerprint density at radius 1 is 1.14 bits per heavy atom. The van der Waals surface area contributed by atoms with Gasteiger partial charge in [0.15, 0.2) is 10.9 Å². The van der Waals surface area contributed by atoms with Gasteiger partial charge in [-0.05, 0) is 45.0 Å². The lowest BCUT2D eigenvalue weighted by Gasteiger charge is -2.38. The molecule has 0 saturated heterocycles. The van der Waals surface area contributed by atoms with E-state index in [0.29, 0.717) is 11.7 Å². The number of hydrogen-bond donors (Lipinski definition) is 1. The highest BCUT2D eigenvalue weighted by atomic mass is 32.1. The molecule has 28 heavy (non-hydrogen) atoms. The fraction of sp³-hybridized carbons (Fsp3) is 0.565. The van der Waals surface area contributed by atoms with Gasteiger partial charge in [0.05, 0.1) is 12.6 Å². The van der Waals surface area contributed by atoms with Crippen molar-refractivity contribution in [3.63, 3.8) is 0 Å². The molecule has 0 amide bonds. The van der Waals surface area contributed by atoms with Crippen molar-refractivity contribution in [3.8, 4) is 5.75 Å². The summed E-state index contributed by atoms with van der Waals surface area (Å²) in [4.78, 5) is 14.5. The van der Waals surface area contributed by atoms with E-state index in [1.807, 2.05) is 36.1 Å². The summed E-state index contributed by atoms with van der Waals surface area (Å²) in [5.41, 5.74) is 2.68. The minimum absolute atomic E-state index is 0.0629. The highest BCUT2D eigenvalue weighted by Crippen LogP contribution is 2.35. The highest BCUT2D eigenvalue weighted by Gasteiger charge is 2.33. The highest BCUT2D eigenvalue weighted by molar-refractivity contribution is 7.80. The van der Waals surface area contributed by atoms with Gasteiger partial charge in [-0.15, -0.1) is 0 Å². The second-order valence-corrected chi connectivity index (χ2v) is 7.78. The van der Waals surface area contributed by atoms with Crippen molar-refractivity contribution in [1.82, 2.24) is 10.2 Å². The number of hydrogen-bond acceptors (Lipinski definition) is 3. The van der Waals surface area contributed by atoms with Crippen molar-refractivity contribution < 1.29 is 9.53 Å². The van der Waals surface area contributed by atoms with Gasteiger partial charge in [0, 0.05) is 23.4 Å². The Morgan fingerprint density at radius 3 is 2.54 bits per heavy atom. The predicted molar refractivity (Wildman–Crippen MR) is 120 cm³/mol. The van der Waals surface area contributed by atoms with Gasteiger partial charge in [-0.25, -0.2) is 0 Å². The smallest absolute Gasteiger partial charge is 0.173 e. The lowest BCUT2D eigenvalue weighted by molar-refractivity contribution is -0.114. The number of carbonyl (C=O) groups is 1. The van der Waals surface area contributed by atoms with Crippen LogP contribution in [0.5, 0.6) is 5.75 Å². The van der Waals surface area contributed by atoms with Gasteiger partial charge in [-0.3, -0.25) is 4.79 Å². The zero-order chi connectivity index (χ0) is 20.5. The van der Waals surface area contributed by atoms with E-state index in [1.54, 1.807) is 6.92 Å². The largest absolute Gasteiger partial charge is 0.493 e. The van der Waals surface area contributed by atoms with Crippen molar-refractivity contribution in [3.05, 3.63) is 41.1 Å². The number of benzene rings is 1. The standard InChI is InChI=1S/C23H34N2O2S/c1-5-7-8-9-12-16-27-20-14-11-10-13-19(20)22-21(18(4)26)17(3)25(15-6-2)23(28)24-22/h10-11,13-14,22H,5-9,12,15-16H2,1-4H3,(H,24,28). The molecule has 0 fully saturated rings. The quantitative estimate of drug-likeness (QED) is 0.389. The van der Waals surface area contributed by atoms with E-state index in [-0.39, 0.29) is 11.8 Å². The summed E-state index contributed by atoms with van der Waals surface area (Å²) in [6.07, 6.45) is 6.97. The zero-order valence-electron chi connectivity index (χ0n) is 17.7. The number of ether oxygens (including phenoxy) is 1. The molecule has 1 aromatic carbocycles. The molecule has 0 spiro atoms. The average molecular weight is 403 g/mol. The van der Waals surface area contributed by atoms with Crippen molar-refractivity contribution in [2.45, 2.75) is 72.3 Å². The Morgan fingerprint density at radius 2 is 1.86 bits per heavy atom. The van der Waals surface area contributed by atoms with E-state index in [4.69, 9.17) is 17.0 Å². The number of carbonyl (C=O) groups excluding carboxylic acids is 1. The number of allylic oxidation sites excluding steroid dienone is 1. The lowest BCUT2D eigenvalue weighted by Crippen LogP contribution is -2.47. The molecule has 1 aromatic rings. The molecule has 2 rings (SSSR count). The average Bonchev–Trinajstić information content (AvgIpc) is 2.67. The number of rotatable bonds is 11. The van der Waals surface area contributed by atoms with E-state index in [0.717, 1.165) is 42.0 Å². The summed E-state index contributed by atoms with van der Waals surface area (Å²) >= 11 is 5.60. The van der Waals surface area contributed by atoms with Crippen LogP contribution < -0.4 is 10.1 Å². The Balaban J connectivity index is 2.23. The number of nitrogens with zero attached hydrogens (tertiary/aromatic N) is 1. The van der Waals surface area contributed by atoms with E-state index >= 15 is 0 Å². The Kier molecular flexibility index (Phi) is 8.97. The van der Waals surface area contributed by atoms with Crippen LogP contribution >= 0.6 is 12.2 Å². The monoisotopic (exact) mass is 402 g/mol. The van der Waals surface area contributed by atoms with Crippen molar-refractivity contribution in [2.24, 2.45) is 0 Å². The molecular weight excluding hydrogens is 368 g/mol. The first-order valence-corrected chi connectivity index (χ1v) is 10.9. The van der Waals surface area contributed by atoms with Crippen LogP contribution in [0.2, 0.25) is 0 Å². The van der Waals surface area contributed by atoms with Gasteiger partial charge < -0.3 is 15.0 Å². The van der Waals surface area contributed by atoms with Gasteiger partial charge in [-0.1, -0.05) is 57.7 Å². The van der Waals surface area contributed by atoms with Crippen LogP contribution in [0.15, 0.2) is 35.5 Å². The molecule has 1 aliphatic heterocycles. The molecule has 0 aromatic heterocycles. The summed E-state index contributed by atoms with van der Waals surface area (Å²) in [7, 11) is 0. The number of unbranched alkanes of at least 4 members (excludes halogenated alkanes) is 4. The number of Topliss-reactive ketones (excluding diaryl/α,β-unsaturated/α-hetero) is 1. The first kappa shape index (κ1) is 22.4. The van der Waals surface area contributed by atoms with E-state index < -0.39 is 0 Å². The second-order valence-electron chi connectivity index (χ2n) is 7.39. The second kappa shape index (κ2) is 11.2.